The van der Waals surface area contributed by atoms with Crippen LogP contribution in [0.3, 0.4) is 0 Å². The third-order valence-corrected chi connectivity index (χ3v) is 7.87. The van der Waals surface area contributed by atoms with E-state index in [0.29, 0.717) is 23.4 Å². The molecule has 0 aliphatic heterocycles. The summed E-state index contributed by atoms with van der Waals surface area (Å²) in [5.41, 5.74) is 1.97. The maximum atomic E-state index is 13.3. The molecule has 2 atom stereocenters. The molecule has 2 aromatic rings. The van der Waals surface area contributed by atoms with Crippen LogP contribution in [0.1, 0.15) is 49.7 Å². The van der Waals surface area contributed by atoms with E-state index >= 15 is 0 Å². The summed E-state index contributed by atoms with van der Waals surface area (Å²) in [5.74, 6) is 0.704. The lowest BCUT2D eigenvalue weighted by atomic mass is 9.43. The Balaban J connectivity index is 1.23. The number of amides is 1. The second-order valence-corrected chi connectivity index (χ2v) is 10.3. The smallest absolute Gasteiger partial charge is 0.312 e. The number of hydrogen-bond acceptors (Lipinski definition) is 3. The number of carbonyl (C=O) groups excluding carboxylic acids is 2. The Morgan fingerprint density at radius 1 is 0.968 bits per heavy atom. The molecule has 162 valence electrons. The van der Waals surface area contributed by atoms with Gasteiger partial charge in [0.05, 0.1) is 5.41 Å². The van der Waals surface area contributed by atoms with Crippen LogP contribution >= 0.6 is 11.6 Å². The van der Waals surface area contributed by atoms with E-state index in [4.69, 9.17) is 16.3 Å². The van der Waals surface area contributed by atoms with Crippen molar-refractivity contribution in [3.8, 4) is 0 Å². The van der Waals surface area contributed by atoms with Crippen molar-refractivity contribution in [3.05, 3.63) is 70.7 Å². The van der Waals surface area contributed by atoms with Crippen molar-refractivity contribution in [3.63, 3.8) is 0 Å². The van der Waals surface area contributed by atoms with E-state index < -0.39 is 5.41 Å². The fourth-order valence-corrected chi connectivity index (χ4v) is 6.89. The first-order chi connectivity index (χ1) is 15.0. The third kappa shape index (κ3) is 3.98. The van der Waals surface area contributed by atoms with Crippen LogP contribution < -0.4 is 5.32 Å². The van der Waals surface area contributed by atoms with Gasteiger partial charge in [0.2, 0.25) is 0 Å². The Labute approximate surface area is 188 Å². The molecule has 0 radical (unpaired) electrons. The van der Waals surface area contributed by atoms with Gasteiger partial charge in [0.1, 0.15) is 0 Å². The van der Waals surface area contributed by atoms with Gasteiger partial charge in [0.15, 0.2) is 6.61 Å². The number of esters is 1. The number of nitrogens with one attached hydrogen (secondary N) is 1. The molecule has 0 spiro atoms. The van der Waals surface area contributed by atoms with Crippen molar-refractivity contribution < 1.29 is 14.3 Å². The molecule has 31 heavy (non-hydrogen) atoms. The molecule has 0 unspecified atom stereocenters. The Morgan fingerprint density at radius 3 is 2.32 bits per heavy atom. The van der Waals surface area contributed by atoms with Crippen LogP contribution in [0.25, 0.3) is 0 Å². The molecule has 0 heterocycles. The zero-order valence-electron chi connectivity index (χ0n) is 17.6. The van der Waals surface area contributed by atoms with Crippen molar-refractivity contribution in [1.29, 1.82) is 0 Å². The largest absolute Gasteiger partial charge is 0.455 e. The fraction of sp³-hybridized carbons (Fsp3) is 0.462. The molecule has 5 heteroatoms. The van der Waals surface area contributed by atoms with Crippen LogP contribution in [0.15, 0.2) is 54.6 Å². The number of halogens is 1. The van der Waals surface area contributed by atoms with Gasteiger partial charge in [0.25, 0.3) is 5.91 Å². The van der Waals surface area contributed by atoms with Crippen LogP contribution in [0.4, 0.5) is 0 Å². The van der Waals surface area contributed by atoms with E-state index in [-0.39, 0.29) is 23.9 Å². The summed E-state index contributed by atoms with van der Waals surface area (Å²) in [5, 5.41) is 3.48. The zero-order valence-corrected chi connectivity index (χ0v) is 18.4. The van der Waals surface area contributed by atoms with Crippen LogP contribution in [0.2, 0.25) is 5.02 Å². The number of ether oxygens (including phenoxy) is 1. The van der Waals surface area contributed by atoms with Crippen molar-refractivity contribution in [2.75, 3.05) is 6.61 Å². The van der Waals surface area contributed by atoms with E-state index in [0.717, 1.165) is 24.8 Å². The number of benzene rings is 2. The standard InChI is InChI=1S/C26H28ClNO3/c27-22-8-6-18(7-9-22)15-28-23(29)16-31-24(30)26-13-19-10-20(14-26)12-25(11-19,17-26)21-4-2-1-3-5-21/h1-9,19-20H,10-17H2,(H,28,29)/t19-,20-,25?,26?/m1/s1. The zero-order chi connectivity index (χ0) is 21.5. The van der Waals surface area contributed by atoms with Crippen LogP contribution in [0.5, 0.6) is 0 Å². The summed E-state index contributed by atoms with van der Waals surface area (Å²) in [6.07, 6.45) is 6.23. The summed E-state index contributed by atoms with van der Waals surface area (Å²) in [4.78, 5) is 25.6. The first-order valence-corrected chi connectivity index (χ1v) is 11.6. The minimum atomic E-state index is -0.434. The minimum absolute atomic E-state index is 0.0845. The van der Waals surface area contributed by atoms with E-state index in [2.05, 4.69) is 35.6 Å². The minimum Gasteiger partial charge on any atom is -0.455 e. The Bertz CT molecular complexity index is 958. The molecule has 4 aliphatic rings. The highest BCUT2D eigenvalue weighted by atomic mass is 35.5. The maximum Gasteiger partial charge on any atom is 0.312 e. The highest BCUT2D eigenvalue weighted by Crippen LogP contribution is 2.66. The van der Waals surface area contributed by atoms with Crippen LogP contribution in [-0.4, -0.2) is 18.5 Å². The monoisotopic (exact) mass is 437 g/mol. The first kappa shape index (κ1) is 20.6. The molecule has 0 aromatic heterocycles. The summed E-state index contributed by atoms with van der Waals surface area (Å²) in [7, 11) is 0. The van der Waals surface area contributed by atoms with Crippen LogP contribution in [0, 0.1) is 17.3 Å². The van der Waals surface area contributed by atoms with Crippen LogP contribution in [-0.2, 0) is 26.3 Å². The molecule has 4 aliphatic carbocycles. The van der Waals surface area contributed by atoms with Gasteiger partial charge in [-0.3, -0.25) is 9.59 Å². The van der Waals surface area contributed by atoms with Gasteiger partial charge >= 0.3 is 5.97 Å². The quantitative estimate of drug-likeness (QED) is 0.644. The molecule has 4 saturated carbocycles. The molecule has 1 amide bonds. The van der Waals surface area contributed by atoms with Crippen molar-refractivity contribution >= 4 is 23.5 Å². The topological polar surface area (TPSA) is 55.4 Å². The maximum absolute atomic E-state index is 13.3. The molecule has 0 saturated heterocycles. The average molecular weight is 438 g/mol. The van der Waals surface area contributed by atoms with Gasteiger partial charge in [-0.15, -0.1) is 0 Å². The summed E-state index contributed by atoms with van der Waals surface area (Å²) in [6, 6.07) is 18.0. The average Bonchev–Trinajstić information content (AvgIpc) is 2.77. The number of rotatable bonds is 6. The third-order valence-electron chi connectivity index (χ3n) is 7.62. The predicted molar refractivity (Wildman–Crippen MR) is 119 cm³/mol. The van der Waals surface area contributed by atoms with E-state index in [1.807, 2.05) is 12.1 Å². The van der Waals surface area contributed by atoms with Gasteiger partial charge in [-0.2, -0.15) is 0 Å². The van der Waals surface area contributed by atoms with Crippen molar-refractivity contribution in [2.45, 2.75) is 50.5 Å². The molecule has 6 rings (SSSR count). The van der Waals surface area contributed by atoms with Gasteiger partial charge in [-0.25, -0.2) is 0 Å². The lowest BCUT2D eigenvalue weighted by Crippen LogP contribution is -2.57. The predicted octanol–water partition coefficient (Wildman–Crippen LogP) is 5.04. The summed E-state index contributed by atoms with van der Waals surface area (Å²) < 4.78 is 5.60. The van der Waals surface area contributed by atoms with Gasteiger partial charge in [0, 0.05) is 11.6 Å². The summed E-state index contributed by atoms with van der Waals surface area (Å²) >= 11 is 5.89. The first-order valence-electron chi connectivity index (χ1n) is 11.2. The van der Waals surface area contributed by atoms with E-state index in [9.17, 15) is 9.59 Å². The number of hydrogen-bond donors (Lipinski definition) is 1. The van der Waals surface area contributed by atoms with Gasteiger partial charge in [-0.1, -0.05) is 54.1 Å². The Hall–Kier alpha value is -2.33. The molecule has 4 bridgehead atoms. The van der Waals surface area contributed by atoms with Gasteiger partial charge < -0.3 is 10.1 Å². The normalized spacial score (nSPS) is 30.7. The molecule has 2 aromatic carbocycles. The highest BCUT2D eigenvalue weighted by Gasteiger charge is 2.61. The molecular weight excluding hydrogens is 410 g/mol. The highest BCUT2D eigenvalue weighted by molar-refractivity contribution is 6.30. The summed E-state index contributed by atoms with van der Waals surface area (Å²) in [6.45, 7) is 0.168. The number of carbonyl (C=O) groups is 2. The van der Waals surface area contributed by atoms with E-state index in [1.54, 1.807) is 12.1 Å². The lowest BCUT2D eigenvalue weighted by molar-refractivity contribution is -0.175. The second kappa shape index (κ2) is 7.98. The molecular formula is C26H28ClNO3. The Kier molecular flexibility index (Phi) is 5.29. The molecule has 1 N–H and O–H groups in total. The lowest BCUT2D eigenvalue weighted by Gasteiger charge is -2.61. The fourth-order valence-electron chi connectivity index (χ4n) is 6.77. The van der Waals surface area contributed by atoms with Crippen molar-refractivity contribution in [1.82, 2.24) is 5.32 Å². The molecule has 4 nitrogen and oxygen atoms in total. The van der Waals surface area contributed by atoms with Gasteiger partial charge in [-0.05, 0) is 79.0 Å². The second-order valence-electron chi connectivity index (χ2n) is 9.87. The van der Waals surface area contributed by atoms with Crippen molar-refractivity contribution in [2.24, 2.45) is 17.3 Å². The Morgan fingerprint density at radius 2 is 1.65 bits per heavy atom. The molecule has 4 fully saturated rings. The van der Waals surface area contributed by atoms with E-state index in [1.165, 1.54) is 24.8 Å². The SMILES string of the molecule is O=C(COC(=O)C12C[C@@H]3C[C@@H](C1)CC(c1ccccc1)(C3)C2)NCc1ccc(Cl)cc1.